The van der Waals surface area contributed by atoms with Crippen LogP contribution in [0, 0.1) is 29.4 Å². The maximum Gasteiger partial charge on any atom is 0.303 e. The summed E-state index contributed by atoms with van der Waals surface area (Å²) < 4.78 is 27.6. The lowest BCUT2D eigenvalue weighted by molar-refractivity contribution is -0.138. The van der Waals surface area contributed by atoms with Gasteiger partial charge in [-0.15, -0.1) is 0 Å². The Morgan fingerprint density at radius 3 is 2.19 bits per heavy atom. The second kappa shape index (κ2) is 13.3. The van der Waals surface area contributed by atoms with Gasteiger partial charge >= 0.3 is 5.97 Å². The van der Waals surface area contributed by atoms with E-state index >= 15 is 0 Å². The molecule has 198 valence electrons. The predicted octanol–water partition coefficient (Wildman–Crippen LogP) is 7.83. The number of benzene rings is 2. The van der Waals surface area contributed by atoms with Crippen molar-refractivity contribution in [3.05, 3.63) is 70.8 Å². The van der Waals surface area contributed by atoms with Crippen LogP contribution in [0.1, 0.15) is 89.0 Å². The Labute approximate surface area is 215 Å². The number of carbonyl (C=O) groups is 1. The number of nitrogens with zero attached hydrogens (tertiary/aromatic N) is 1. The van der Waals surface area contributed by atoms with Crippen molar-refractivity contribution in [1.29, 1.82) is 0 Å². The molecule has 0 bridgehead atoms. The number of carboxylic acid groups (broad SMARTS) is 1. The highest BCUT2D eigenvalue weighted by molar-refractivity contribution is 5.67. The zero-order valence-corrected chi connectivity index (χ0v) is 22.4. The summed E-state index contributed by atoms with van der Waals surface area (Å²) in [4.78, 5) is 14.1. The van der Waals surface area contributed by atoms with Gasteiger partial charge in [0.2, 0.25) is 0 Å². The van der Waals surface area contributed by atoms with Gasteiger partial charge in [-0.05, 0) is 98.1 Å². The number of hydrogen-bond acceptors (Lipinski definition) is 2. The average molecular weight is 500 g/mol. The number of carboxylic acids is 1. The predicted molar refractivity (Wildman–Crippen MR) is 142 cm³/mol. The van der Waals surface area contributed by atoms with Crippen molar-refractivity contribution in [2.24, 2.45) is 17.8 Å². The zero-order chi connectivity index (χ0) is 26.2. The topological polar surface area (TPSA) is 40.5 Å². The van der Waals surface area contributed by atoms with Gasteiger partial charge in [0.1, 0.15) is 11.6 Å². The summed E-state index contributed by atoms with van der Waals surface area (Å²) in [7, 11) is 0. The van der Waals surface area contributed by atoms with Crippen LogP contribution < -0.4 is 0 Å². The van der Waals surface area contributed by atoms with Crippen LogP contribution in [-0.4, -0.2) is 28.6 Å². The van der Waals surface area contributed by atoms with Crippen LogP contribution in [0.15, 0.2) is 42.5 Å². The van der Waals surface area contributed by atoms with E-state index in [2.05, 4.69) is 56.9 Å². The molecule has 2 aromatic rings. The van der Waals surface area contributed by atoms with Gasteiger partial charge in [0.25, 0.3) is 0 Å². The third-order valence-electron chi connectivity index (χ3n) is 7.46. The van der Waals surface area contributed by atoms with Crippen molar-refractivity contribution >= 4 is 5.97 Å². The van der Waals surface area contributed by atoms with E-state index in [4.69, 9.17) is 0 Å². The summed E-state index contributed by atoms with van der Waals surface area (Å²) in [6.45, 7) is 9.73. The van der Waals surface area contributed by atoms with E-state index in [1.807, 2.05) is 0 Å². The third kappa shape index (κ3) is 8.69. The van der Waals surface area contributed by atoms with Crippen molar-refractivity contribution < 1.29 is 18.7 Å². The molecule has 0 aliphatic carbocycles. The van der Waals surface area contributed by atoms with Crippen molar-refractivity contribution in [3.63, 3.8) is 0 Å². The number of aryl methyl sites for hydroxylation is 1. The molecule has 5 heteroatoms. The van der Waals surface area contributed by atoms with E-state index in [9.17, 15) is 18.7 Å². The van der Waals surface area contributed by atoms with Gasteiger partial charge < -0.3 is 5.11 Å². The Bertz CT molecular complexity index is 953. The Hall–Kier alpha value is -2.27. The van der Waals surface area contributed by atoms with Crippen LogP contribution in [0.5, 0.6) is 0 Å². The van der Waals surface area contributed by atoms with Gasteiger partial charge in [-0.2, -0.15) is 0 Å². The minimum atomic E-state index is -0.732. The maximum atomic E-state index is 13.8. The fourth-order valence-electron chi connectivity index (χ4n) is 5.69. The first kappa shape index (κ1) is 28.3. The van der Waals surface area contributed by atoms with Crippen LogP contribution in [0.4, 0.5) is 8.78 Å². The average Bonchev–Trinajstić information content (AvgIpc) is 2.78. The molecule has 0 aromatic heterocycles. The van der Waals surface area contributed by atoms with Crippen molar-refractivity contribution in [2.75, 3.05) is 6.54 Å². The molecule has 1 aliphatic heterocycles. The monoisotopic (exact) mass is 499 g/mol. The molecule has 36 heavy (non-hydrogen) atoms. The summed E-state index contributed by atoms with van der Waals surface area (Å²) >= 11 is 0. The number of piperidine rings is 1. The van der Waals surface area contributed by atoms with Crippen molar-refractivity contribution in [2.45, 2.75) is 91.1 Å². The smallest absolute Gasteiger partial charge is 0.303 e. The van der Waals surface area contributed by atoms with Gasteiger partial charge in [0.15, 0.2) is 0 Å². The molecule has 0 saturated carbocycles. The Kier molecular flexibility index (Phi) is 10.5. The molecular formula is C31H43F2NO2. The molecule has 1 heterocycles. The minimum Gasteiger partial charge on any atom is -0.481 e. The number of halogens is 2. The van der Waals surface area contributed by atoms with Gasteiger partial charge in [0.05, 0.1) is 0 Å². The summed E-state index contributed by atoms with van der Waals surface area (Å²) in [6.07, 6.45) is 6.46. The van der Waals surface area contributed by atoms with Crippen LogP contribution in [0.2, 0.25) is 0 Å². The number of likely N-dealkylation sites (tertiary alicyclic amines) is 1. The number of hydrogen-bond donors (Lipinski definition) is 1. The lowest BCUT2D eigenvalue weighted by Crippen LogP contribution is -2.44. The Morgan fingerprint density at radius 2 is 1.61 bits per heavy atom. The molecular weight excluding hydrogens is 456 g/mol. The highest BCUT2D eigenvalue weighted by Crippen LogP contribution is 2.39. The second-order valence-corrected chi connectivity index (χ2v) is 11.5. The summed E-state index contributed by atoms with van der Waals surface area (Å²) in [5.74, 6) is -0.478. The van der Waals surface area contributed by atoms with E-state index < -0.39 is 17.6 Å². The lowest BCUT2D eigenvalue weighted by Gasteiger charge is -2.44. The van der Waals surface area contributed by atoms with E-state index in [1.165, 1.54) is 23.3 Å². The molecule has 1 N–H and O–H groups in total. The lowest BCUT2D eigenvalue weighted by atomic mass is 9.82. The normalized spacial score (nSPS) is 19.7. The highest BCUT2D eigenvalue weighted by Gasteiger charge is 2.34. The first-order valence-corrected chi connectivity index (χ1v) is 13.6. The summed E-state index contributed by atoms with van der Waals surface area (Å²) in [5, 5.41) is 9.44. The molecule has 1 saturated heterocycles. The Balaban J connectivity index is 1.85. The molecule has 3 atom stereocenters. The van der Waals surface area contributed by atoms with Gasteiger partial charge in [-0.25, -0.2) is 8.78 Å². The van der Waals surface area contributed by atoms with Crippen LogP contribution >= 0.6 is 0 Å². The molecule has 0 amide bonds. The third-order valence-corrected chi connectivity index (χ3v) is 7.46. The highest BCUT2D eigenvalue weighted by atomic mass is 19.1. The second-order valence-electron chi connectivity index (χ2n) is 11.5. The summed E-state index contributed by atoms with van der Waals surface area (Å²) in [5.41, 5.74) is 3.25. The van der Waals surface area contributed by atoms with Crippen LogP contribution in [0.25, 0.3) is 0 Å². The van der Waals surface area contributed by atoms with E-state index in [0.29, 0.717) is 23.8 Å². The molecule has 0 radical (unpaired) electrons. The van der Waals surface area contributed by atoms with E-state index in [-0.39, 0.29) is 24.4 Å². The zero-order valence-electron chi connectivity index (χ0n) is 22.4. The minimum absolute atomic E-state index is 0.151. The van der Waals surface area contributed by atoms with Gasteiger partial charge in [0, 0.05) is 24.6 Å². The summed E-state index contributed by atoms with van der Waals surface area (Å²) in [6, 6.07) is 13.1. The van der Waals surface area contributed by atoms with E-state index in [0.717, 1.165) is 51.1 Å². The molecule has 3 nitrogen and oxygen atoms in total. The number of rotatable bonds is 12. The standard InChI is InChI=1S/C31H43F2NO2/c1-21(2)5-11-29(12-8-24-16-27(32)20-28(33)17-24)34-14-13-25(19-31(35)36)18-30(34)26-9-6-23(7-10-26)15-22(3)4/h6-7,9-10,16-17,20-22,25,29-30H,5,8,11-15,18-19H2,1-4H3,(H,35,36)/t25-,29+,30+/m1/s1. The van der Waals surface area contributed by atoms with Crippen molar-refractivity contribution in [3.8, 4) is 0 Å². The number of aliphatic carboxylic acids is 1. The molecule has 1 fully saturated rings. The molecule has 3 rings (SSSR count). The van der Waals surface area contributed by atoms with Gasteiger partial charge in [-0.3, -0.25) is 9.69 Å². The maximum absolute atomic E-state index is 13.8. The first-order chi connectivity index (χ1) is 17.1. The quantitative estimate of drug-likeness (QED) is 0.323. The Morgan fingerprint density at radius 1 is 0.944 bits per heavy atom. The van der Waals surface area contributed by atoms with Crippen LogP contribution in [0.3, 0.4) is 0 Å². The fraction of sp³-hybridized carbons (Fsp3) is 0.581. The largest absolute Gasteiger partial charge is 0.481 e. The fourth-order valence-corrected chi connectivity index (χ4v) is 5.69. The van der Waals surface area contributed by atoms with E-state index in [1.54, 1.807) is 0 Å². The molecule has 1 aliphatic rings. The molecule has 0 spiro atoms. The first-order valence-electron chi connectivity index (χ1n) is 13.6. The van der Waals surface area contributed by atoms with Crippen LogP contribution in [-0.2, 0) is 17.6 Å². The SMILES string of the molecule is CC(C)CC[C@@H](CCc1cc(F)cc(F)c1)N1CC[C@@H](CC(=O)O)C[C@H]1c1ccc(CC(C)C)cc1. The molecule has 0 unspecified atom stereocenters. The van der Waals surface area contributed by atoms with Crippen molar-refractivity contribution in [1.82, 2.24) is 4.90 Å². The molecule has 2 aromatic carbocycles. The van der Waals surface area contributed by atoms with Gasteiger partial charge in [-0.1, -0.05) is 52.0 Å².